The van der Waals surface area contributed by atoms with Crippen molar-refractivity contribution < 1.29 is 27.3 Å². The molecule has 0 bridgehead atoms. The maximum absolute atomic E-state index is 13.0. The summed E-state index contributed by atoms with van der Waals surface area (Å²) >= 11 is 1.22. The van der Waals surface area contributed by atoms with Crippen LogP contribution >= 0.6 is 11.3 Å². The molecule has 2 aromatic carbocycles. The van der Waals surface area contributed by atoms with E-state index in [1.807, 2.05) is 0 Å². The number of aliphatic hydroxyl groups excluding tert-OH is 1. The van der Waals surface area contributed by atoms with Crippen LogP contribution in [0.2, 0.25) is 0 Å². The van der Waals surface area contributed by atoms with Gasteiger partial charge in [-0.2, -0.15) is 13.2 Å². The number of halogens is 3. The summed E-state index contributed by atoms with van der Waals surface area (Å²) in [7, 11) is -1.35. The number of aryl methyl sites for hydroxylation is 1. The second-order valence-corrected chi connectivity index (χ2v) is 9.79. The first-order valence-electron chi connectivity index (χ1n) is 10.1. The fourth-order valence-electron chi connectivity index (χ4n) is 3.36. The van der Waals surface area contributed by atoms with Gasteiger partial charge < -0.3 is 15.7 Å². The highest BCUT2D eigenvalue weighted by Crippen LogP contribution is 2.32. The number of nitrogens with zero attached hydrogens (tertiary/aromatic N) is 2. The smallest absolute Gasteiger partial charge is 0.369 e. The predicted octanol–water partition coefficient (Wildman–Crippen LogP) is 5.11. The number of aliphatic hydroxyl groups is 1. The standard InChI is InChI=1S/C23H19F3N4O3S2/c1-12-6-7-13(20(31)29-15-5-3-4-14(9-15)23(24,25)26)8-17(12)30-21(32)16-10-34-19-18(16)27-11-28-22(19)35(2)33/h3-11,20,29,31H,1-2H3,(H,30,32). The maximum atomic E-state index is 13.0. The predicted molar refractivity (Wildman–Crippen MR) is 129 cm³/mol. The number of carbonyl (C=O) groups is 1. The van der Waals surface area contributed by atoms with Crippen molar-refractivity contribution in [2.24, 2.45) is 0 Å². The molecule has 2 aromatic heterocycles. The molecule has 182 valence electrons. The summed E-state index contributed by atoms with van der Waals surface area (Å²) in [5.74, 6) is -0.455. The van der Waals surface area contributed by atoms with Crippen molar-refractivity contribution in [1.82, 2.24) is 9.97 Å². The van der Waals surface area contributed by atoms with Crippen molar-refractivity contribution in [2.45, 2.75) is 24.4 Å². The van der Waals surface area contributed by atoms with Crippen molar-refractivity contribution >= 4 is 49.6 Å². The number of hydrogen-bond donors (Lipinski definition) is 3. The molecule has 0 aliphatic heterocycles. The molecule has 0 saturated carbocycles. The number of anilines is 2. The molecule has 1 amide bonds. The maximum Gasteiger partial charge on any atom is 0.416 e. The minimum atomic E-state index is -4.51. The Morgan fingerprint density at radius 3 is 2.66 bits per heavy atom. The second kappa shape index (κ2) is 9.72. The molecule has 0 radical (unpaired) electrons. The fourth-order valence-corrected chi connectivity index (χ4v) is 5.29. The number of benzene rings is 2. The van der Waals surface area contributed by atoms with E-state index >= 15 is 0 Å². The minimum absolute atomic E-state index is 0.0898. The van der Waals surface area contributed by atoms with E-state index in [1.165, 1.54) is 42.1 Å². The summed E-state index contributed by atoms with van der Waals surface area (Å²) in [4.78, 5) is 21.2. The van der Waals surface area contributed by atoms with E-state index in [0.717, 1.165) is 12.1 Å². The molecular weight excluding hydrogens is 501 g/mol. The summed E-state index contributed by atoms with van der Waals surface area (Å²) in [5.41, 5.74) is 1.37. The number of rotatable bonds is 6. The normalized spacial score (nSPS) is 13.4. The Morgan fingerprint density at radius 1 is 1.17 bits per heavy atom. The van der Waals surface area contributed by atoms with E-state index in [9.17, 15) is 27.3 Å². The van der Waals surface area contributed by atoms with Gasteiger partial charge in [-0.25, -0.2) is 9.97 Å². The van der Waals surface area contributed by atoms with Crippen LogP contribution in [-0.2, 0) is 17.0 Å². The van der Waals surface area contributed by atoms with Crippen molar-refractivity contribution in [2.75, 3.05) is 16.9 Å². The Morgan fingerprint density at radius 2 is 1.94 bits per heavy atom. The van der Waals surface area contributed by atoms with Gasteiger partial charge in [-0.1, -0.05) is 18.2 Å². The third kappa shape index (κ3) is 5.34. The van der Waals surface area contributed by atoms with Crippen LogP contribution in [0.5, 0.6) is 0 Å². The first-order valence-corrected chi connectivity index (χ1v) is 12.6. The molecule has 0 aliphatic rings. The lowest BCUT2D eigenvalue weighted by atomic mass is 10.1. The molecule has 12 heteroatoms. The van der Waals surface area contributed by atoms with E-state index in [-0.39, 0.29) is 11.3 Å². The molecule has 0 spiro atoms. The van der Waals surface area contributed by atoms with Gasteiger partial charge in [0.2, 0.25) is 0 Å². The van der Waals surface area contributed by atoms with Gasteiger partial charge in [0.15, 0.2) is 6.23 Å². The Hall–Kier alpha value is -3.35. The van der Waals surface area contributed by atoms with Crippen LogP contribution in [0, 0.1) is 6.92 Å². The summed E-state index contributed by atoms with van der Waals surface area (Å²) in [6.45, 7) is 1.76. The number of thiophene rings is 1. The number of aromatic nitrogens is 2. The van der Waals surface area contributed by atoms with Crippen LogP contribution in [0.25, 0.3) is 10.2 Å². The molecular formula is C23H19F3N4O3S2. The number of fused-ring (bicyclic) bond motifs is 1. The average molecular weight is 521 g/mol. The molecule has 0 fully saturated rings. The summed E-state index contributed by atoms with van der Waals surface area (Å²) in [5, 5.41) is 18.0. The first-order chi connectivity index (χ1) is 16.5. The quantitative estimate of drug-likeness (QED) is 0.241. The monoisotopic (exact) mass is 520 g/mol. The van der Waals surface area contributed by atoms with E-state index in [1.54, 1.807) is 24.4 Å². The fraction of sp³-hybridized carbons (Fsp3) is 0.174. The zero-order chi connectivity index (χ0) is 25.3. The van der Waals surface area contributed by atoms with Crippen molar-refractivity contribution in [3.8, 4) is 0 Å². The molecule has 35 heavy (non-hydrogen) atoms. The number of amides is 1. The van der Waals surface area contributed by atoms with Gasteiger partial charge in [-0.3, -0.25) is 9.00 Å². The molecule has 3 N–H and O–H groups in total. The highest BCUT2D eigenvalue weighted by atomic mass is 32.2. The largest absolute Gasteiger partial charge is 0.416 e. The van der Waals surface area contributed by atoms with Gasteiger partial charge in [0, 0.05) is 28.6 Å². The molecule has 0 aliphatic carbocycles. The topological polar surface area (TPSA) is 104 Å². The molecule has 2 heterocycles. The summed E-state index contributed by atoms with van der Waals surface area (Å²) in [6, 6.07) is 9.32. The zero-order valence-electron chi connectivity index (χ0n) is 18.4. The number of carbonyl (C=O) groups excluding carboxylic acids is 1. The molecule has 0 saturated heterocycles. The summed E-state index contributed by atoms with van der Waals surface area (Å²) in [6.07, 6.45) is -3.08. The zero-order valence-corrected chi connectivity index (χ0v) is 20.0. The SMILES string of the molecule is Cc1ccc(C(O)Nc2cccc(C(F)(F)F)c2)cc1NC(=O)c1csc2c(S(C)=O)ncnc12. The van der Waals surface area contributed by atoms with Crippen LogP contribution < -0.4 is 10.6 Å². The van der Waals surface area contributed by atoms with E-state index in [4.69, 9.17) is 0 Å². The van der Waals surface area contributed by atoms with Gasteiger partial charge in [-0.15, -0.1) is 11.3 Å². The van der Waals surface area contributed by atoms with Crippen LogP contribution in [0.4, 0.5) is 24.5 Å². The average Bonchev–Trinajstić information content (AvgIpc) is 3.24. The Balaban J connectivity index is 1.56. The number of hydrogen-bond acceptors (Lipinski definition) is 7. The van der Waals surface area contributed by atoms with Crippen LogP contribution in [-0.4, -0.2) is 31.4 Å². The third-order valence-corrected chi connectivity index (χ3v) is 7.12. The highest BCUT2D eigenvalue weighted by molar-refractivity contribution is 7.84. The Kier molecular flexibility index (Phi) is 6.88. The number of alkyl halides is 3. The lowest BCUT2D eigenvalue weighted by Crippen LogP contribution is -2.15. The van der Waals surface area contributed by atoms with Gasteiger partial charge in [0.1, 0.15) is 11.4 Å². The molecule has 2 atom stereocenters. The van der Waals surface area contributed by atoms with Crippen molar-refractivity contribution in [3.05, 3.63) is 76.4 Å². The van der Waals surface area contributed by atoms with Crippen LogP contribution in [0.15, 0.2) is 59.2 Å². The van der Waals surface area contributed by atoms with Crippen LogP contribution in [0.1, 0.15) is 33.3 Å². The van der Waals surface area contributed by atoms with Gasteiger partial charge in [0.25, 0.3) is 5.91 Å². The molecule has 7 nitrogen and oxygen atoms in total. The lowest BCUT2D eigenvalue weighted by Gasteiger charge is -2.18. The third-order valence-electron chi connectivity index (χ3n) is 5.16. The molecule has 4 aromatic rings. The van der Waals surface area contributed by atoms with Crippen molar-refractivity contribution in [3.63, 3.8) is 0 Å². The number of nitrogens with one attached hydrogen (secondary N) is 2. The van der Waals surface area contributed by atoms with Crippen LogP contribution in [0.3, 0.4) is 0 Å². The lowest BCUT2D eigenvalue weighted by molar-refractivity contribution is -0.137. The van der Waals surface area contributed by atoms with E-state index in [2.05, 4.69) is 20.6 Å². The van der Waals surface area contributed by atoms with E-state index in [0.29, 0.717) is 32.1 Å². The summed E-state index contributed by atoms with van der Waals surface area (Å²) < 4.78 is 51.4. The van der Waals surface area contributed by atoms with Gasteiger partial charge in [0.05, 0.1) is 32.1 Å². The second-order valence-electron chi connectivity index (χ2n) is 7.61. The minimum Gasteiger partial charge on any atom is -0.369 e. The Bertz CT molecular complexity index is 1440. The molecule has 4 rings (SSSR count). The van der Waals surface area contributed by atoms with Crippen molar-refractivity contribution in [1.29, 1.82) is 0 Å². The van der Waals surface area contributed by atoms with Gasteiger partial charge in [-0.05, 0) is 36.8 Å². The Labute approximate surface area is 204 Å². The van der Waals surface area contributed by atoms with Gasteiger partial charge >= 0.3 is 6.18 Å². The highest BCUT2D eigenvalue weighted by Gasteiger charge is 2.30. The first kappa shape index (κ1) is 24.8. The molecule has 2 unspecified atom stereocenters. The van der Waals surface area contributed by atoms with E-state index < -0.39 is 34.7 Å².